The Morgan fingerprint density at radius 1 is 0.961 bits per heavy atom. The molecule has 6 atom stereocenters. The largest absolute Gasteiger partial charge is 0.509 e. The third kappa shape index (κ3) is 10.5. The van der Waals surface area contributed by atoms with Crippen LogP contribution in [-0.2, 0) is 23.1 Å². The molecule has 0 aromatic heterocycles. The predicted molar refractivity (Wildman–Crippen MR) is 217 cm³/mol. The van der Waals surface area contributed by atoms with Gasteiger partial charge in [-0.3, -0.25) is 4.79 Å². The van der Waals surface area contributed by atoms with Crippen LogP contribution in [0.1, 0.15) is 128 Å². The van der Waals surface area contributed by atoms with Crippen molar-refractivity contribution in [2.24, 2.45) is 23.2 Å². The zero-order valence-electron chi connectivity index (χ0n) is 35.2. The van der Waals surface area contributed by atoms with Crippen molar-refractivity contribution in [1.82, 2.24) is 0 Å². The first-order valence-electron chi connectivity index (χ1n) is 19.8. The zero-order valence-corrected chi connectivity index (χ0v) is 37.2. The van der Waals surface area contributed by atoms with E-state index in [9.17, 15) is 9.59 Å². The minimum Gasteiger partial charge on any atom is -0.434 e. The Bertz CT molecular complexity index is 1360. The third-order valence-electron chi connectivity index (χ3n) is 13.3. The molecular formula is C43H74O6Si2. The summed E-state index contributed by atoms with van der Waals surface area (Å²) in [6.07, 6.45) is 16.0. The van der Waals surface area contributed by atoms with Crippen LogP contribution in [0.4, 0.5) is 4.79 Å². The lowest BCUT2D eigenvalue weighted by Crippen LogP contribution is -2.49. The third-order valence-corrected chi connectivity index (χ3v) is 22.3. The summed E-state index contributed by atoms with van der Waals surface area (Å²) in [6.45, 7) is 38.1. The van der Waals surface area contributed by atoms with Crippen LogP contribution < -0.4 is 0 Å². The van der Waals surface area contributed by atoms with E-state index in [-0.39, 0.29) is 46.0 Å². The molecule has 0 N–H and O–H groups in total. The molecule has 3 saturated carbocycles. The van der Waals surface area contributed by atoms with Crippen molar-refractivity contribution in [2.45, 2.75) is 182 Å². The second-order valence-electron chi connectivity index (χ2n) is 19.7. The molecule has 0 radical (unpaired) electrons. The molecule has 0 saturated heterocycles. The Labute approximate surface area is 314 Å². The topological polar surface area (TPSA) is 71.1 Å². The van der Waals surface area contributed by atoms with Gasteiger partial charge in [0.1, 0.15) is 0 Å². The van der Waals surface area contributed by atoms with E-state index >= 15 is 0 Å². The van der Waals surface area contributed by atoms with E-state index in [4.69, 9.17) is 18.3 Å². The van der Waals surface area contributed by atoms with Crippen molar-refractivity contribution >= 4 is 28.6 Å². The first kappa shape index (κ1) is 43.7. The maximum atomic E-state index is 13.1. The molecule has 290 valence electrons. The summed E-state index contributed by atoms with van der Waals surface area (Å²) in [6, 6.07) is 0. The second-order valence-corrected chi connectivity index (χ2v) is 29.2. The molecule has 51 heavy (non-hydrogen) atoms. The predicted octanol–water partition coefficient (Wildman–Crippen LogP) is 12.3. The lowest BCUT2D eigenvalue weighted by Gasteiger charge is -2.45. The Balaban J connectivity index is 1.84. The number of ketones is 1. The fourth-order valence-electron chi connectivity index (χ4n) is 7.96. The molecule has 6 nitrogen and oxygen atoms in total. The number of allylic oxidation sites excluding steroid dienone is 4. The van der Waals surface area contributed by atoms with Gasteiger partial charge in [0.2, 0.25) is 0 Å². The highest BCUT2D eigenvalue weighted by Crippen LogP contribution is 2.59. The smallest absolute Gasteiger partial charge is 0.434 e. The van der Waals surface area contributed by atoms with Crippen LogP contribution in [0.25, 0.3) is 0 Å². The zero-order chi connectivity index (χ0) is 38.8. The maximum absolute atomic E-state index is 13.1. The van der Waals surface area contributed by atoms with E-state index in [0.29, 0.717) is 18.3 Å². The van der Waals surface area contributed by atoms with Gasteiger partial charge >= 0.3 is 6.16 Å². The fourth-order valence-corrected chi connectivity index (χ4v) is 10.6. The van der Waals surface area contributed by atoms with E-state index in [2.05, 4.69) is 100 Å². The van der Waals surface area contributed by atoms with Crippen LogP contribution in [0, 0.1) is 23.2 Å². The Morgan fingerprint density at radius 2 is 1.57 bits per heavy atom. The molecular weight excluding hydrogens is 669 g/mol. The van der Waals surface area contributed by atoms with Crippen molar-refractivity contribution in [1.29, 1.82) is 0 Å². The summed E-state index contributed by atoms with van der Waals surface area (Å²) < 4.78 is 24.6. The molecule has 3 fully saturated rings. The summed E-state index contributed by atoms with van der Waals surface area (Å²) in [4.78, 5) is 25.2. The normalized spacial score (nSPS) is 29.0. The van der Waals surface area contributed by atoms with Crippen molar-refractivity contribution in [3.05, 3.63) is 47.6 Å². The van der Waals surface area contributed by atoms with Gasteiger partial charge in [0.05, 0.1) is 18.8 Å². The van der Waals surface area contributed by atoms with Crippen LogP contribution in [0.15, 0.2) is 47.6 Å². The first-order chi connectivity index (χ1) is 23.3. The molecule has 0 heterocycles. The number of hydrogen-bond donors (Lipinski definition) is 0. The summed E-state index contributed by atoms with van der Waals surface area (Å²) >= 11 is 0. The lowest BCUT2D eigenvalue weighted by molar-refractivity contribution is -0.131. The summed E-state index contributed by atoms with van der Waals surface area (Å²) in [5.41, 5.74) is 2.85. The first-order valence-corrected chi connectivity index (χ1v) is 25.6. The van der Waals surface area contributed by atoms with E-state index in [1.54, 1.807) is 25.5 Å². The van der Waals surface area contributed by atoms with Gasteiger partial charge in [0, 0.05) is 6.42 Å². The molecule has 0 amide bonds. The van der Waals surface area contributed by atoms with E-state index in [1.807, 2.05) is 13.0 Å². The number of carbonyl (C=O) groups is 2. The summed E-state index contributed by atoms with van der Waals surface area (Å²) in [7, 11) is -4.01. The van der Waals surface area contributed by atoms with Gasteiger partial charge in [-0.15, -0.1) is 0 Å². The van der Waals surface area contributed by atoms with Gasteiger partial charge in [-0.2, -0.15) is 0 Å². The second kappa shape index (κ2) is 16.3. The highest BCUT2D eigenvalue weighted by Gasteiger charge is 2.50. The Hall–Kier alpha value is -1.75. The number of fused-ring (bicyclic) bond motifs is 1. The highest BCUT2D eigenvalue weighted by molar-refractivity contribution is 6.74. The minimum atomic E-state index is -2.03. The van der Waals surface area contributed by atoms with E-state index < -0.39 is 28.4 Å². The number of hydrogen-bond acceptors (Lipinski definition) is 6. The van der Waals surface area contributed by atoms with Crippen LogP contribution >= 0.6 is 0 Å². The van der Waals surface area contributed by atoms with Crippen LogP contribution in [-0.4, -0.2) is 53.0 Å². The molecule has 0 aromatic carbocycles. The van der Waals surface area contributed by atoms with E-state index in [0.717, 1.165) is 37.7 Å². The van der Waals surface area contributed by atoms with Gasteiger partial charge < -0.3 is 18.3 Å². The molecule has 0 aliphatic heterocycles. The quantitative estimate of drug-likeness (QED) is 0.113. The molecule has 3 rings (SSSR count). The molecule has 0 aromatic rings. The SMILES string of the molecule is C=C1/C(=C\C=C2/CCC[C@]3(C)[C@@H]([C@H](C)/C=C/C(=O)C(C)(C)OC(=O)OCCC)CC[C@@H]23)C[C@@H](O[Si](C)(C)C(C)(C)C)C[C@@H]1O[Si](C)(C)C(C)(C)C. The molecule has 0 bridgehead atoms. The number of carbonyl (C=O) groups excluding carboxylic acids is 2. The average molecular weight is 743 g/mol. The van der Waals surface area contributed by atoms with E-state index in [1.165, 1.54) is 18.4 Å². The minimum absolute atomic E-state index is 0.0285. The van der Waals surface area contributed by atoms with Crippen molar-refractivity contribution < 1.29 is 27.9 Å². The standard InChI is InChI=1S/C43H74O6Si2/c1-17-27-46-39(45)47-42(10,11)38(44)25-20-30(2)35-23-24-36-32(19-18-26-43(35,36)12)21-22-33-28-34(48-50(13,14)40(4,5)6)29-37(31(33)3)49-51(15,16)41(7,8)9/h20-22,25,30,34-37H,3,17-19,23-24,26-29H2,1-2,4-16H3/b25-20+,32-21+,33-22-/t30-,34-,35-,36+,37+,43-/m1/s1. The number of rotatable bonds is 12. The molecule has 3 aliphatic carbocycles. The molecule has 0 spiro atoms. The lowest BCUT2D eigenvalue weighted by atomic mass is 9.61. The van der Waals surface area contributed by atoms with Gasteiger partial charge in [-0.25, -0.2) is 4.79 Å². The monoisotopic (exact) mass is 743 g/mol. The van der Waals surface area contributed by atoms with Gasteiger partial charge in [-0.1, -0.05) is 92.7 Å². The van der Waals surface area contributed by atoms with Crippen LogP contribution in [0.2, 0.25) is 36.3 Å². The fraction of sp³-hybridized carbons (Fsp3) is 0.767. The molecule has 8 heteroatoms. The van der Waals surface area contributed by atoms with Gasteiger partial charge in [0.25, 0.3) is 0 Å². The van der Waals surface area contributed by atoms with Gasteiger partial charge in [0.15, 0.2) is 28.0 Å². The molecule has 3 aliphatic rings. The van der Waals surface area contributed by atoms with Gasteiger partial charge in [-0.05, 0) is 135 Å². The van der Waals surface area contributed by atoms with Crippen molar-refractivity contribution in [3.8, 4) is 0 Å². The van der Waals surface area contributed by atoms with Crippen LogP contribution in [0.3, 0.4) is 0 Å². The van der Waals surface area contributed by atoms with Crippen LogP contribution in [0.5, 0.6) is 0 Å². The van der Waals surface area contributed by atoms with Crippen molar-refractivity contribution in [3.63, 3.8) is 0 Å². The Kier molecular flexibility index (Phi) is 14.0. The Morgan fingerprint density at radius 3 is 2.16 bits per heavy atom. The summed E-state index contributed by atoms with van der Waals surface area (Å²) in [5, 5.41) is 0.254. The molecule has 0 unspecified atom stereocenters. The maximum Gasteiger partial charge on any atom is 0.509 e. The number of ether oxygens (including phenoxy) is 2. The van der Waals surface area contributed by atoms with Crippen molar-refractivity contribution in [2.75, 3.05) is 6.61 Å². The highest BCUT2D eigenvalue weighted by atomic mass is 28.4. The summed E-state index contributed by atoms with van der Waals surface area (Å²) in [5.74, 6) is 0.987. The average Bonchev–Trinajstić information content (AvgIpc) is 3.35.